The quantitative estimate of drug-likeness (QED) is 0.217. The zero-order chi connectivity index (χ0) is 25.8. The second-order valence-corrected chi connectivity index (χ2v) is 8.72. The smallest absolute Gasteiger partial charge is 0.339 e. The summed E-state index contributed by atoms with van der Waals surface area (Å²) < 4.78 is 6.73. The molecular weight excluding hydrogens is 569 g/mol. The third-order valence-electron chi connectivity index (χ3n) is 6.46. The first-order valence-electron chi connectivity index (χ1n) is 11.8. The van der Waals surface area contributed by atoms with Gasteiger partial charge in [-0.1, -0.05) is 48.5 Å². The Labute approximate surface area is 251 Å². The number of esters is 1. The van der Waals surface area contributed by atoms with Crippen molar-refractivity contribution in [1.29, 1.82) is 5.26 Å². The van der Waals surface area contributed by atoms with Gasteiger partial charge in [0.05, 0.1) is 54.3 Å². The number of methoxy groups -OCH3 is 1. The maximum Gasteiger partial charge on any atom is 0.339 e. The first kappa shape index (κ1) is 32.3. The van der Waals surface area contributed by atoms with Crippen molar-refractivity contribution in [3.63, 3.8) is 0 Å². The summed E-state index contributed by atoms with van der Waals surface area (Å²) in [6.07, 6.45) is 5.12. The number of aryl methyl sites for hydroxylation is 1. The number of aromatic nitrogens is 3. The number of halogens is 3. The average molecular weight is 597 g/mol. The van der Waals surface area contributed by atoms with Crippen LogP contribution in [0.15, 0.2) is 91.5 Å². The molecule has 7 nitrogen and oxygen atoms in total. The normalized spacial score (nSPS) is 10.8. The fourth-order valence-electron chi connectivity index (χ4n) is 4.54. The third kappa shape index (κ3) is 6.61. The van der Waals surface area contributed by atoms with Crippen molar-refractivity contribution in [3.8, 4) is 17.2 Å². The molecule has 5 rings (SSSR count). The molecule has 40 heavy (non-hydrogen) atoms. The number of pyridine rings is 1. The predicted molar refractivity (Wildman–Crippen MR) is 163 cm³/mol. The van der Waals surface area contributed by atoms with Gasteiger partial charge in [0.25, 0.3) is 0 Å². The highest BCUT2D eigenvalue weighted by molar-refractivity contribution is 5.98. The van der Waals surface area contributed by atoms with Crippen molar-refractivity contribution in [1.82, 2.24) is 19.9 Å². The Bertz CT molecular complexity index is 1630. The van der Waals surface area contributed by atoms with Crippen molar-refractivity contribution in [3.05, 3.63) is 120 Å². The van der Waals surface area contributed by atoms with Crippen molar-refractivity contribution < 1.29 is 9.53 Å². The Morgan fingerprint density at radius 1 is 1.00 bits per heavy atom. The molecule has 2 heterocycles. The molecule has 0 amide bonds. The number of imidazole rings is 1. The predicted octanol–water partition coefficient (Wildman–Crippen LogP) is 6.44. The zero-order valence-electron chi connectivity index (χ0n) is 21.8. The lowest BCUT2D eigenvalue weighted by Crippen LogP contribution is -2.24. The third-order valence-corrected chi connectivity index (χ3v) is 6.46. The maximum atomic E-state index is 11.7. The summed E-state index contributed by atoms with van der Waals surface area (Å²) in [4.78, 5) is 20.5. The van der Waals surface area contributed by atoms with Crippen LogP contribution in [0.3, 0.4) is 0 Å². The molecule has 0 saturated heterocycles. The lowest BCUT2D eigenvalue weighted by molar-refractivity contribution is 0.0600. The van der Waals surface area contributed by atoms with Crippen molar-refractivity contribution in [2.75, 3.05) is 7.11 Å². The molecule has 1 atom stereocenters. The van der Waals surface area contributed by atoms with Crippen molar-refractivity contribution in [2.45, 2.75) is 12.6 Å². The fraction of sp³-hybridized carbons (Fsp3) is 0.133. The molecule has 0 radical (unpaired) electrons. The zero-order valence-corrected chi connectivity index (χ0v) is 24.2. The fourth-order valence-corrected chi connectivity index (χ4v) is 4.54. The molecule has 206 valence electrons. The SMILES string of the molecule is COC(=O)c1ccc(CNC(c2ccc(C#N)c(-c3cccc4ccccc34)c2)c2cncn2C)nc1.Cl.Cl.Cl. The number of rotatable bonds is 7. The van der Waals surface area contributed by atoms with Gasteiger partial charge in [-0.2, -0.15) is 5.26 Å². The van der Waals surface area contributed by atoms with Gasteiger partial charge in [-0.3, -0.25) is 10.3 Å². The van der Waals surface area contributed by atoms with E-state index in [4.69, 9.17) is 4.74 Å². The molecule has 0 spiro atoms. The number of ether oxygens (including phenoxy) is 1. The summed E-state index contributed by atoms with van der Waals surface area (Å²) in [6, 6.07) is 25.9. The van der Waals surface area contributed by atoms with E-state index in [2.05, 4.69) is 51.7 Å². The molecule has 0 bridgehead atoms. The van der Waals surface area contributed by atoms with E-state index >= 15 is 0 Å². The monoisotopic (exact) mass is 595 g/mol. The van der Waals surface area contributed by atoms with E-state index in [1.54, 1.807) is 18.5 Å². The van der Waals surface area contributed by atoms with Gasteiger partial charge in [-0.15, -0.1) is 37.2 Å². The van der Waals surface area contributed by atoms with Crippen LogP contribution in [0, 0.1) is 11.3 Å². The maximum absolute atomic E-state index is 11.7. The number of hydrogen-bond acceptors (Lipinski definition) is 6. The molecule has 10 heteroatoms. The highest BCUT2D eigenvalue weighted by Crippen LogP contribution is 2.34. The second-order valence-electron chi connectivity index (χ2n) is 8.72. The first-order chi connectivity index (χ1) is 18.1. The Kier molecular flexibility index (Phi) is 11.7. The van der Waals surface area contributed by atoms with Gasteiger partial charge < -0.3 is 9.30 Å². The van der Waals surface area contributed by atoms with E-state index < -0.39 is 5.97 Å². The number of nitrogens with one attached hydrogen (secondary N) is 1. The second kappa shape index (κ2) is 14.5. The van der Waals surface area contributed by atoms with E-state index in [1.807, 2.05) is 48.1 Å². The number of nitrogens with zero attached hydrogens (tertiary/aromatic N) is 4. The van der Waals surface area contributed by atoms with Crippen LogP contribution in [0.1, 0.15) is 38.9 Å². The van der Waals surface area contributed by atoms with Gasteiger partial charge in [0.2, 0.25) is 0 Å². The Morgan fingerprint density at radius 3 is 2.45 bits per heavy atom. The molecule has 5 aromatic rings. The molecule has 0 aliphatic rings. The highest BCUT2D eigenvalue weighted by atomic mass is 35.5. The van der Waals surface area contributed by atoms with Gasteiger partial charge in [0, 0.05) is 25.4 Å². The molecule has 2 aromatic heterocycles. The molecule has 3 aromatic carbocycles. The lowest BCUT2D eigenvalue weighted by atomic mass is 9.91. The lowest BCUT2D eigenvalue weighted by Gasteiger charge is -2.21. The van der Waals surface area contributed by atoms with Gasteiger partial charge >= 0.3 is 5.97 Å². The summed E-state index contributed by atoms with van der Waals surface area (Å²) in [5, 5.41) is 15.7. The summed E-state index contributed by atoms with van der Waals surface area (Å²) in [5.41, 5.74) is 5.66. The van der Waals surface area contributed by atoms with E-state index in [0.29, 0.717) is 17.7 Å². The number of carbonyl (C=O) groups is 1. The first-order valence-corrected chi connectivity index (χ1v) is 11.8. The standard InChI is InChI=1S/C30H25N5O2.3ClH/c1-35-19-32-18-28(35)29(34-17-24-13-12-23(16-33-24)30(36)37-2)21-10-11-22(15-31)27(14-21)26-9-5-7-20-6-3-4-8-25(20)26;;;/h3-14,16,18-19,29,34H,17H2,1-2H3;3*1H. The molecule has 0 aliphatic heterocycles. The van der Waals surface area contributed by atoms with Gasteiger partial charge in [-0.25, -0.2) is 9.78 Å². The van der Waals surface area contributed by atoms with E-state index in [-0.39, 0.29) is 43.3 Å². The van der Waals surface area contributed by atoms with Crippen LogP contribution in [0.5, 0.6) is 0 Å². The Hall–Kier alpha value is -3.93. The Morgan fingerprint density at radius 2 is 1.77 bits per heavy atom. The molecule has 1 unspecified atom stereocenters. The Balaban J connectivity index is 0.00000187. The van der Waals surface area contributed by atoms with Crippen LogP contribution >= 0.6 is 37.2 Å². The topological polar surface area (TPSA) is 92.8 Å². The average Bonchev–Trinajstić information content (AvgIpc) is 3.38. The van der Waals surface area contributed by atoms with Gasteiger partial charge in [0.15, 0.2) is 0 Å². The minimum Gasteiger partial charge on any atom is -0.465 e. The summed E-state index contributed by atoms with van der Waals surface area (Å²) in [7, 11) is 3.30. The summed E-state index contributed by atoms with van der Waals surface area (Å²) >= 11 is 0. The van der Waals surface area contributed by atoms with Crippen molar-refractivity contribution >= 4 is 54.0 Å². The molecule has 1 N–H and O–H groups in total. The molecule has 0 saturated carbocycles. The van der Waals surface area contributed by atoms with Crippen LogP contribution in [-0.4, -0.2) is 27.6 Å². The minimum absolute atomic E-state index is 0. The van der Waals surface area contributed by atoms with E-state index in [9.17, 15) is 10.1 Å². The van der Waals surface area contributed by atoms with Gasteiger partial charge in [0.1, 0.15) is 0 Å². The largest absolute Gasteiger partial charge is 0.465 e. The van der Waals surface area contributed by atoms with E-state index in [1.165, 1.54) is 13.3 Å². The van der Waals surface area contributed by atoms with Crippen LogP contribution in [0.25, 0.3) is 21.9 Å². The molecule has 0 aliphatic carbocycles. The van der Waals surface area contributed by atoms with Crippen LogP contribution < -0.4 is 5.32 Å². The van der Waals surface area contributed by atoms with E-state index in [0.717, 1.165) is 38.9 Å². The summed E-state index contributed by atoms with van der Waals surface area (Å²) in [6.45, 7) is 0.459. The minimum atomic E-state index is -0.418. The summed E-state index contributed by atoms with van der Waals surface area (Å²) in [5.74, 6) is -0.418. The van der Waals surface area contributed by atoms with Crippen LogP contribution in [-0.2, 0) is 18.3 Å². The number of fused-ring (bicyclic) bond motifs is 1. The number of carbonyl (C=O) groups excluding carboxylic acids is 1. The highest BCUT2D eigenvalue weighted by Gasteiger charge is 2.20. The molecule has 0 fully saturated rings. The number of nitriles is 1. The van der Waals surface area contributed by atoms with Crippen LogP contribution in [0.2, 0.25) is 0 Å². The van der Waals surface area contributed by atoms with Crippen LogP contribution in [0.4, 0.5) is 0 Å². The van der Waals surface area contributed by atoms with Crippen molar-refractivity contribution in [2.24, 2.45) is 7.05 Å². The molecular formula is C30H28Cl3N5O2. The number of hydrogen-bond donors (Lipinski definition) is 1. The number of benzene rings is 3. The van der Waals surface area contributed by atoms with Gasteiger partial charge in [-0.05, 0) is 46.2 Å².